The molecule has 0 saturated heterocycles. The van der Waals surface area contributed by atoms with Crippen LogP contribution in [0.3, 0.4) is 0 Å². The quantitative estimate of drug-likeness (QED) is 0.325. The SMILES string of the molecule is CCCCCC1CCC(c2ccc(-c3ccccc3C(=O)C(C)(F)F)cc2)CC1. The van der Waals surface area contributed by atoms with Crippen LogP contribution < -0.4 is 0 Å². The largest absolute Gasteiger partial charge is 0.307 e. The van der Waals surface area contributed by atoms with Crippen LogP contribution in [0.5, 0.6) is 0 Å². The van der Waals surface area contributed by atoms with Crippen molar-refractivity contribution in [3.8, 4) is 11.1 Å². The summed E-state index contributed by atoms with van der Waals surface area (Å²) < 4.78 is 27.2. The molecule has 1 aliphatic carbocycles. The van der Waals surface area contributed by atoms with Gasteiger partial charge in [-0.05, 0) is 54.2 Å². The van der Waals surface area contributed by atoms with Crippen molar-refractivity contribution in [2.45, 2.75) is 77.1 Å². The number of carbonyl (C=O) groups is 1. The summed E-state index contributed by atoms with van der Waals surface area (Å²) >= 11 is 0. The van der Waals surface area contributed by atoms with Gasteiger partial charge in [-0.3, -0.25) is 4.79 Å². The summed E-state index contributed by atoms with van der Waals surface area (Å²) in [6, 6.07) is 14.8. The van der Waals surface area contributed by atoms with E-state index in [4.69, 9.17) is 0 Å². The fraction of sp³-hybridized carbons (Fsp3) is 0.500. The summed E-state index contributed by atoms with van der Waals surface area (Å²) in [5.74, 6) is -3.03. The molecule has 2 aromatic carbocycles. The van der Waals surface area contributed by atoms with Gasteiger partial charge in [-0.15, -0.1) is 0 Å². The molecule has 29 heavy (non-hydrogen) atoms. The molecule has 0 heterocycles. The van der Waals surface area contributed by atoms with Gasteiger partial charge in [0, 0.05) is 12.5 Å². The molecule has 1 fully saturated rings. The lowest BCUT2D eigenvalue weighted by atomic mass is 9.77. The van der Waals surface area contributed by atoms with Crippen molar-refractivity contribution < 1.29 is 13.6 Å². The van der Waals surface area contributed by atoms with Crippen LogP contribution in [0, 0.1) is 5.92 Å². The van der Waals surface area contributed by atoms with E-state index in [-0.39, 0.29) is 5.56 Å². The van der Waals surface area contributed by atoms with E-state index < -0.39 is 11.7 Å². The van der Waals surface area contributed by atoms with Gasteiger partial charge in [-0.1, -0.05) is 81.1 Å². The molecule has 3 heteroatoms. The van der Waals surface area contributed by atoms with Crippen molar-refractivity contribution in [1.29, 1.82) is 0 Å². The first kappa shape index (κ1) is 21.7. The monoisotopic (exact) mass is 398 g/mol. The molecule has 156 valence electrons. The molecule has 0 spiro atoms. The molecule has 1 nitrogen and oxygen atoms in total. The number of hydrogen-bond acceptors (Lipinski definition) is 1. The highest BCUT2D eigenvalue weighted by atomic mass is 19.3. The lowest BCUT2D eigenvalue weighted by molar-refractivity contribution is 0.0222. The third-order valence-corrected chi connectivity index (χ3v) is 6.33. The third kappa shape index (κ3) is 5.52. The van der Waals surface area contributed by atoms with Gasteiger partial charge in [-0.2, -0.15) is 8.78 Å². The van der Waals surface area contributed by atoms with Gasteiger partial charge in [0.05, 0.1) is 0 Å². The summed E-state index contributed by atoms with van der Waals surface area (Å²) in [6.07, 6.45) is 10.4. The molecule has 1 saturated carbocycles. The predicted octanol–water partition coefficient (Wildman–Crippen LogP) is 8.05. The molecule has 0 aliphatic heterocycles. The Morgan fingerprint density at radius 3 is 2.24 bits per heavy atom. The van der Waals surface area contributed by atoms with Crippen molar-refractivity contribution in [3.63, 3.8) is 0 Å². The van der Waals surface area contributed by atoms with E-state index >= 15 is 0 Å². The van der Waals surface area contributed by atoms with E-state index in [0.29, 0.717) is 18.4 Å². The van der Waals surface area contributed by atoms with Gasteiger partial charge < -0.3 is 0 Å². The lowest BCUT2D eigenvalue weighted by Gasteiger charge is -2.29. The maximum Gasteiger partial charge on any atom is 0.307 e. The number of ketones is 1. The van der Waals surface area contributed by atoms with Crippen LogP contribution in [0.15, 0.2) is 48.5 Å². The number of rotatable bonds is 8. The maximum absolute atomic E-state index is 13.6. The molecule has 0 aromatic heterocycles. The standard InChI is InChI=1S/C26H32F2O/c1-3-4-5-8-19-11-13-20(14-12-19)21-15-17-22(18-16-21)23-9-6-7-10-24(23)25(29)26(2,27)28/h6-7,9-10,15-20H,3-5,8,11-14H2,1-2H3. The van der Waals surface area contributed by atoms with E-state index in [1.807, 2.05) is 12.1 Å². The second kappa shape index (κ2) is 9.65. The molecule has 2 aromatic rings. The van der Waals surface area contributed by atoms with E-state index in [1.54, 1.807) is 18.2 Å². The van der Waals surface area contributed by atoms with Gasteiger partial charge in [0.25, 0.3) is 0 Å². The van der Waals surface area contributed by atoms with Crippen LogP contribution in [0.4, 0.5) is 8.78 Å². The normalized spacial score (nSPS) is 19.9. The average Bonchev–Trinajstić information content (AvgIpc) is 2.73. The van der Waals surface area contributed by atoms with Gasteiger partial charge in [0.15, 0.2) is 0 Å². The molecular formula is C26H32F2O. The minimum Gasteiger partial charge on any atom is -0.287 e. The smallest absolute Gasteiger partial charge is 0.287 e. The van der Waals surface area contributed by atoms with E-state index in [0.717, 1.165) is 11.5 Å². The Balaban J connectivity index is 1.69. The van der Waals surface area contributed by atoms with Gasteiger partial charge in [-0.25, -0.2) is 0 Å². The molecule has 0 N–H and O–H groups in total. The number of benzene rings is 2. The predicted molar refractivity (Wildman–Crippen MR) is 116 cm³/mol. The summed E-state index contributed by atoms with van der Waals surface area (Å²) in [4.78, 5) is 12.1. The maximum atomic E-state index is 13.6. The molecule has 0 radical (unpaired) electrons. The average molecular weight is 399 g/mol. The zero-order valence-electron chi connectivity index (χ0n) is 17.6. The van der Waals surface area contributed by atoms with Crippen molar-refractivity contribution >= 4 is 5.78 Å². The molecule has 0 atom stereocenters. The van der Waals surface area contributed by atoms with Crippen LogP contribution in [-0.4, -0.2) is 11.7 Å². The topological polar surface area (TPSA) is 17.1 Å². The van der Waals surface area contributed by atoms with Crippen LogP contribution >= 0.6 is 0 Å². The first-order valence-corrected chi connectivity index (χ1v) is 11.0. The van der Waals surface area contributed by atoms with E-state index in [9.17, 15) is 13.6 Å². The van der Waals surface area contributed by atoms with Crippen molar-refractivity contribution in [3.05, 3.63) is 59.7 Å². The molecular weight excluding hydrogens is 366 g/mol. The molecule has 3 rings (SSSR count). The zero-order chi connectivity index (χ0) is 20.9. The Morgan fingerprint density at radius 2 is 1.62 bits per heavy atom. The van der Waals surface area contributed by atoms with Crippen molar-refractivity contribution in [2.24, 2.45) is 5.92 Å². The first-order chi connectivity index (χ1) is 13.9. The van der Waals surface area contributed by atoms with Crippen LogP contribution in [-0.2, 0) is 0 Å². The first-order valence-electron chi connectivity index (χ1n) is 11.0. The molecule has 1 aliphatic rings. The van der Waals surface area contributed by atoms with E-state index in [1.165, 1.54) is 63.0 Å². The molecule has 0 bridgehead atoms. The van der Waals surface area contributed by atoms with Gasteiger partial charge in [0.2, 0.25) is 5.78 Å². The van der Waals surface area contributed by atoms with Crippen molar-refractivity contribution in [1.82, 2.24) is 0 Å². The highest BCUT2D eigenvalue weighted by Gasteiger charge is 2.34. The van der Waals surface area contributed by atoms with Crippen molar-refractivity contribution in [2.75, 3.05) is 0 Å². The zero-order valence-corrected chi connectivity index (χ0v) is 17.6. The number of carbonyl (C=O) groups excluding carboxylic acids is 1. The minimum absolute atomic E-state index is 0.0836. The summed E-state index contributed by atoms with van der Waals surface area (Å²) in [6.45, 7) is 2.91. The Morgan fingerprint density at radius 1 is 0.966 bits per heavy atom. The van der Waals surface area contributed by atoms with Crippen LogP contribution in [0.1, 0.15) is 87.1 Å². The van der Waals surface area contributed by atoms with E-state index in [2.05, 4.69) is 19.1 Å². The number of alkyl halides is 2. The highest BCUT2D eigenvalue weighted by Crippen LogP contribution is 2.38. The second-order valence-corrected chi connectivity index (χ2v) is 8.60. The number of Topliss-reactive ketones (excluding diaryl/α,β-unsaturated/α-hetero) is 1. The van der Waals surface area contributed by atoms with Crippen LogP contribution in [0.2, 0.25) is 0 Å². The second-order valence-electron chi connectivity index (χ2n) is 8.60. The Kier molecular flexibility index (Phi) is 7.21. The number of unbranched alkanes of at least 4 members (excludes halogenated alkanes) is 2. The van der Waals surface area contributed by atoms with Gasteiger partial charge in [0.1, 0.15) is 0 Å². The summed E-state index contributed by atoms with van der Waals surface area (Å²) in [5, 5.41) is 0. The lowest BCUT2D eigenvalue weighted by Crippen LogP contribution is -2.24. The Labute approximate surface area is 173 Å². The summed E-state index contributed by atoms with van der Waals surface area (Å²) in [5.41, 5.74) is 2.80. The Hall–Kier alpha value is -2.03. The highest BCUT2D eigenvalue weighted by molar-refractivity contribution is 6.06. The Bertz CT molecular complexity index is 796. The third-order valence-electron chi connectivity index (χ3n) is 6.33. The molecule has 0 amide bonds. The number of hydrogen-bond donors (Lipinski definition) is 0. The van der Waals surface area contributed by atoms with Gasteiger partial charge >= 0.3 is 5.92 Å². The molecule has 0 unspecified atom stereocenters. The number of halogens is 2. The fourth-order valence-electron chi connectivity index (χ4n) is 4.57. The fourth-order valence-corrected chi connectivity index (χ4v) is 4.57. The van der Waals surface area contributed by atoms with Crippen LogP contribution in [0.25, 0.3) is 11.1 Å². The minimum atomic E-state index is -3.37. The summed E-state index contributed by atoms with van der Waals surface area (Å²) in [7, 11) is 0.